The molecule has 3 N–H and O–H groups in total. The SMILES string of the molecule is CO[C@H]1C[C@@H]2CC[C@@H](C)[C@@](O)(O2)C(=O)C(=O)C2CCCC[C@H]2C(=O)O[C@H]([C@H](C)C[C@@H]2CC[C@@H](O)[C@H](OC)C2)CC(=O)[C@H](C)/C=C(\C)[C@@H](O)[C@@H](OC)C(=O)[C@H](C)C[C@H](C)/C=C/C=CC=C1C. The van der Waals surface area contributed by atoms with Crippen LogP contribution in [-0.2, 0) is 47.7 Å². The highest BCUT2D eigenvalue weighted by Crippen LogP contribution is 2.40. The second-order valence-corrected chi connectivity index (χ2v) is 19.9. The van der Waals surface area contributed by atoms with Crippen LogP contribution in [0.2, 0.25) is 0 Å². The van der Waals surface area contributed by atoms with Gasteiger partial charge in [-0.1, -0.05) is 83.9 Å². The standard InChI is InChI=1S/C52H80O13/c1-30-16-12-11-13-17-31(2)43(61-8)28-38-22-20-36(7)52(60,65-38)50(58)48(57)39-18-14-15-19-40(39)51(59)64-44(33(4)26-37-21-23-41(53)45(27-37)62-9)29-42(54)32(3)25-35(6)47(56)49(63-10)46(55)34(5)24-30/h11-13,16-17,25,30,32-34,36-41,43-45,47,49,53,56,60H,14-15,18-24,26-29H2,1-10H3/b13-11?,16-12+,31-17?,35-25+/t30-,32-,33-,34-,36-,37+,38+,39?,40-,41-,43+,44+,45-,47-,49+,52-/m1/s1. The normalized spacial score (nSPS) is 40.2. The minimum absolute atomic E-state index is 0.0223. The molecule has 366 valence electrons. The van der Waals surface area contributed by atoms with Crippen molar-refractivity contribution in [1.29, 1.82) is 0 Å². The minimum atomic E-state index is -2.39. The summed E-state index contributed by atoms with van der Waals surface area (Å²) >= 11 is 0. The predicted octanol–water partition coefficient (Wildman–Crippen LogP) is 7.18. The maximum Gasteiger partial charge on any atom is 0.309 e. The van der Waals surface area contributed by atoms with E-state index in [1.165, 1.54) is 7.11 Å². The van der Waals surface area contributed by atoms with Crippen LogP contribution in [0.5, 0.6) is 0 Å². The second-order valence-electron chi connectivity index (χ2n) is 19.9. The molecule has 2 saturated carbocycles. The van der Waals surface area contributed by atoms with Crippen molar-refractivity contribution >= 4 is 29.1 Å². The van der Waals surface area contributed by atoms with Gasteiger partial charge in [0.1, 0.15) is 24.1 Å². The number of carbonyl (C=O) groups is 5. The van der Waals surface area contributed by atoms with E-state index < -0.39 is 89.5 Å². The van der Waals surface area contributed by atoms with E-state index in [-0.39, 0.29) is 48.3 Å². The molecule has 0 aromatic rings. The van der Waals surface area contributed by atoms with Crippen molar-refractivity contribution in [3.63, 3.8) is 0 Å². The van der Waals surface area contributed by atoms with Gasteiger partial charge >= 0.3 is 5.97 Å². The van der Waals surface area contributed by atoms with Gasteiger partial charge in [0.2, 0.25) is 11.6 Å². The van der Waals surface area contributed by atoms with Crippen molar-refractivity contribution in [3.8, 4) is 0 Å². The molecule has 65 heavy (non-hydrogen) atoms. The highest BCUT2D eigenvalue weighted by molar-refractivity contribution is 6.41. The van der Waals surface area contributed by atoms with E-state index >= 15 is 0 Å². The summed E-state index contributed by atoms with van der Waals surface area (Å²) in [4.78, 5) is 70.8. The molecule has 13 nitrogen and oxygen atoms in total. The Morgan fingerprint density at radius 3 is 2.15 bits per heavy atom. The molecule has 0 aromatic carbocycles. The third-order valence-electron chi connectivity index (χ3n) is 14.9. The third-order valence-corrected chi connectivity index (χ3v) is 14.9. The number of ether oxygens (including phenoxy) is 5. The summed E-state index contributed by atoms with van der Waals surface area (Å²) in [7, 11) is 4.53. The van der Waals surface area contributed by atoms with Gasteiger partial charge in [-0.15, -0.1) is 0 Å². The Morgan fingerprint density at radius 2 is 1.49 bits per heavy atom. The zero-order chi connectivity index (χ0) is 48.2. The Labute approximate surface area is 387 Å². The van der Waals surface area contributed by atoms with Gasteiger partial charge in [0.05, 0.1) is 30.3 Å². The first-order chi connectivity index (χ1) is 30.7. The molecule has 2 bridgehead atoms. The quantitative estimate of drug-likeness (QED) is 0.138. The fourth-order valence-electron chi connectivity index (χ4n) is 10.5. The Hall–Kier alpha value is -3.17. The molecule has 2 aliphatic carbocycles. The highest BCUT2D eigenvalue weighted by atomic mass is 16.6. The molecular weight excluding hydrogens is 833 g/mol. The molecule has 2 aliphatic heterocycles. The highest BCUT2D eigenvalue weighted by Gasteiger charge is 2.53. The lowest BCUT2D eigenvalue weighted by atomic mass is 9.73. The van der Waals surface area contributed by atoms with Gasteiger partial charge in [-0.05, 0) is 101 Å². The first-order valence-electron chi connectivity index (χ1n) is 24.2. The largest absolute Gasteiger partial charge is 0.461 e. The Balaban J connectivity index is 1.70. The molecule has 3 fully saturated rings. The first kappa shape index (κ1) is 54.4. The Morgan fingerprint density at radius 1 is 0.800 bits per heavy atom. The van der Waals surface area contributed by atoms with Gasteiger partial charge in [-0.2, -0.15) is 0 Å². The molecule has 2 heterocycles. The number of hydrogen-bond donors (Lipinski definition) is 3. The van der Waals surface area contributed by atoms with Crippen molar-refractivity contribution in [1.82, 2.24) is 0 Å². The van der Waals surface area contributed by atoms with Crippen molar-refractivity contribution in [2.45, 2.75) is 180 Å². The molecular formula is C52H80O13. The first-order valence-corrected chi connectivity index (χ1v) is 24.2. The number of Topliss-reactive ketones (excluding diaryl/α,β-unsaturated/α-hetero) is 4. The molecule has 16 atom stereocenters. The van der Waals surface area contributed by atoms with Crippen LogP contribution in [-0.4, -0.2) is 114 Å². The number of carbonyl (C=O) groups excluding carboxylic acids is 5. The van der Waals surface area contributed by atoms with Crippen LogP contribution in [0.25, 0.3) is 0 Å². The van der Waals surface area contributed by atoms with Gasteiger partial charge < -0.3 is 39.0 Å². The van der Waals surface area contributed by atoms with Gasteiger partial charge in [0, 0.05) is 57.8 Å². The van der Waals surface area contributed by atoms with E-state index in [0.29, 0.717) is 69.8 Å². The summed E-state index contributed by atoms with van der Waals surface area (Å²) < 4.78 is 29.4. The van der Waals surface area contributed by atoms with E-state index in [9.17, 15) is 39.3 Å². The van der Waals surface area contributed by atoms with Crippen LogP contribution < -0.4 is 0 Å². The Kier molecular flexibility index (Phi) is 21.2. The van der Waals surface area contributed by atoms with Crippen molar-refractivity contribution in [2.75, 3.05) is 21.3 Å². The Bertz CT molecular complexity index is 1750. The number of fused-ring (bicyclic) bond motifs is 3. The number of ketones is 4. The summed E-state index contributed by atoms with van der Waals surface area (Å²) in [5.74, 6) is -9.53. The van der Waals surface area contributed by atoms with E-state index in [0.717, 1.165) is 12.0 Å². The maximum absolute atomic E-state index is 14.4. The molecule has 4 aliphatic rings. The van der Waals surface area contributed by atoms with Crippen molar-refractivity contribution < 1.29 is 63.0 Å². The van der Waals surface area contributed by atoms with Crippen LogP contribution in [0.15, 0.2) is 47.6 Å². The van der Waals surface area contributed by atoms with Gasteiger partial charge in [0.25, 0.3) is 5.78 Å². The number of hydrogen-bond acceptors (Lipinski definition) is 13. The fourth-order valence-corrected chi connectivity index (χ4v) is 10.5. The van der Waals surface area contributed by atoms with Gasteiger partial charge in [-0.3, -0.25) is 24.0 Å². The average molecular weight is 913 g/mol. The molecule has 0 aromatic heterocycles. The number of aliphatic hydroxyl groups excluding tert-OH is 2. The van der Waals surface area contributed by atoms with Crippen LogP contribution in [0.1, 0.15) is 132 Å². The van der Waals surface area contributed by atoms with Gasteiger partial charge in [-0.25, -0.2) is 0 Å². The summed E-state index contributed by atoms with van der Waals surface area (Å²) in [5, 5.41) is 33.9. The number of aliphatic hydroxyl groups is 3. The lowest BCUT2D eigenvalue weighted by molar-refractivity contribution is -0.265. The molecule has 4 rings (SSSR count). The van der Waals surface area contributed by atoms with Crippen LogP contribution in [0.4, 0.5) is 0 Å². The molecule has 1 saturated heterocycles. The van der Waals surface area contributed by atoms with Crippen molar-refractivity contribution in [3.05, 3.63) is 47.6 Å². The van der Waals surface area contributed by atoms with Crippen LogP contribution >= 0.6 is 0 Å². The lowest BCUT2D eigenvalue weighted by Crippen LogP contribution is -2.57. The minimum Gasteiger partial charge on any atom is -0.461 e. The summed E-state index contributed by atoms with van der Waals surface area (Å²) in [6.45, 7) is 12.7. The summed E-state index contributed by atoms with van der Waals surface area (Å²) in [5.41, 5.74) is 1.28. The molecule has 0 spiro atoms. The van der Waals surface area contributed by atoms with E-state index in [4.69, 9.17) is 23.7 Å². The number of esters is 1. The molecule has 0 radical (unpaired) electrons. The topological polar surface area (TPSA) is 192 Å². The van der Waals surface area contributed by atoms with Crippen LogP contribution in [0, 0.1) is 47.3 Å². The zero-order valence-corrected chi connectivity index (χ0v) is 40.7. The second kappa shape index (κ2) is 25.3. The zero-order valence-electron chi connectivity index (χ0n) is 40.7. The molecule has 0 amide bonds. The fraction of sp³-hybridized carbons (Fsp3) is 0.750. The maximum atomic E-state index is 14.4. The average Bonchev–Trinajstić information content (AvgIpc) is 3.28. The third kappa shape index (κ3) is 14.4. The smallest absolute Gasteiger partial charge is 0.309 e. The number of methoxy groups -OCH3 is 3. The monoisotopic (exact) mass is 913 g/mol. The summed E-state index contributed by atoms with van der Waals surface area (Å²) in [6, 6.07) is 0. The van der Waals surface area contributed by atoms with Gasteiger partial charge in [0.15, 0.2) is 5.78 Å². The predicted molar refractivity (Wildman–Crippen MR) is 246 cm³/mol. The molecule has 13 heteroatoms. The molecule has 1 unspecified atom stereocenters. The number of allylic oxidation sites excluding steroid dienone is 6. The van der Waals surface area contributed by atoms with E-state index in [2.05, 4.69) is 0 Å². The summed E-state index contributed by atoms with van der Waals surface area (Å²) in [6.07, 6.45) is 11.8. The van der Waals surface area contributed by atoms with Crippen molar-refractivity contribution in [2.24, 2.45) is 47.3 Å². The lowest BCUT2D eigenvalue weighted by Gasteiger charge is -2.42. The van der Waals surface area contributed by atoms with E-state index in [1.807, 2.05) is 58.1 Å². The number of cyclic esters (lactones) is 1. The van der Waals surface area contributed by atoms with E-state index in [1.54, 1.807) is 41.1 Å². The van der Waals surface area contributed by atoms with Crippen LogP contribution in [0.3, 0.4) is 0 Å². The number of rotatable bonds is 6.